The first kappa shape index (κ1) is 15.5. The zero-order valence-electron chi connectivity index (χ0n) is 13.1. The van der Waals surface area contributed by atoms with E-state index in [4.69, 9.17) is 0 Å². The van der Waals surface area contributed by atoms with Gasteiger partial charge in [-0.25, -0.2) is 0 Å². The molecule has 1 aromatic rings. The summed E-state index contributed by atoms with van der Waals surface area (Å²) in [6, 6.07) is 11.1. The van der Waals surface area contributed by atoms with Gasteiger partial charge in [-0.2, -0.15) is 0 Å². The zero-order valence-corrected chi connectivity index (χ0v) is 13.1. The number of aliphatic hydroxyl groups excluding tert-OH is 1. The molecule has 0 heterocycles. The molecule has 3 atom stereocenters. The summed E-state index contributed by atoms with van der Waals surface area (Å²) in [7, 11) is 0. The molecule has 0 radical (unpaired) electrons. The van der Waals surface area contributed by atoms with Gasteiger partial charge in [0, 0.05) is 11.5 Å². The van der Waals surface area contributed by atoms with Crippen LogP contribution >= 0.6 is 0 Å². The molecule has 3 unspecified atom stereocenters. The lowest BCUT2D eigenvalue weighted by Crippen LogP contribution is -2.45. The van der Waals surface area contributed by atoms with E-state index in [9.17, 15) is 5.11 Å². The van der Waals surface area contributed by atoms with Crippen LogP contribution < -0.4 is 5.32 Å². The molecule has 2 nitrogen and oxygen atoms in total. The minimum atomic E-state index is -0.0759. The summed E-state index contributed by atoms with van der Waals surface area (Å²) >= 11 is 0. The van der Waals surface area contributed by atoms with Gasteiger partial charge >= 0.3 is 0 Å². The monoisotopic (exact) mass is 275 g/mol. The quantitative estimate of drug-likeness (QED) is 0.862. The molecule has 2 N–H and O–H groups in total. The Balaban J connectivity index is 1.89. The van der Waals surface area contributed by atoms with Crippen LogP contribution in [0.5, 0.6) is 0 Å². The van der Waals surface area contributed by atoms with E-state index >= 15 is 0 Å². The van der Waals surface area contributed by atoms with E-state index in [1.807, 2.05) is 0 Å². The van der Waals surface area contributed by atoms with Crippen molar-refractivity contribution in [1.29, 1.82) is 0 Å². The van der Waals surface area contributed by atoms with Gasteiger partial charge in [-0.15, -0.1) is 0 Å². The maximum atomic E-state index is 9.75. The Bertz CT molecular complexity index is 401. The fraction of sp³-hybridized carbons (Fsp3) is 0.667. The lowest BCUT2D eigenvalue weighted by Gasteiger charge is -2.35. The molecule has 0 aromatic heterocycles. The average Bonchev–Trinajstić information content (AvgIpc) is 2.45. The predicted octanol–water partition coefficient (Wildman–Crippen LogP) is 3.49. The van der Waals surface area contributed by atoms with Crippen molar-refractivity contribution in [2.75, 3.05) is 6.54 Å². The molecule has 0 spiro atoms. The molecule has 0 bridgehead atoms. The summed E-state index contributed by atoms with van der Waals surface area (Å²) < 4.78 is 0. The van der Waals surface area contributed by atoms with Crippen LogP contribution in [0.2, 0.25) is 0 Å². The van der Waals surface area contributed by atoms with Crippen molar-refractivity contribution < 1.29 is 5.11 Å². The van der Waals surface area contributed by atoms with Gasteiger partial charge in [0.1, 0.15) is 0 Å². The van der Waals surface area contributed by atoms with Crippen LogP contribution in [-0.2, 0) is 5.41 Å². The Kier molecular flexibility index (Phi) is 5.22. The highest BCUT2D eigenvalue weighted by molar-refractivity contribution is 5.25. The summed E-state index contributed by atoms with van der Waals surface area (Å²) in [5.74, 6) is 0.632. The highest BCUT2D eigenvalue weighted by Crippen LogP contribution is 2.28. The lowest BCUT2D eigenvalue weighted by molar-refractivity contribution is 0.0987. The molecule has 112 valence electrons. The van der Waals surface area contributed by atoms with Gasteiger partial charge in [-0.3, -0.25) is 0 Å². The van der Waals surface area contributed by atoms with Crippen LogP contribution in [0.1, 0.15) is 52.0 Å². The molecule has 0 aliphatic heterocycles. The average molecular weight is 275 g/mol. The molecule has 1 aliphatic carbocycles. The van der Waals surface area contributed by atoms with E-state index in [1.54, 1.807) is 0 Å². The minimum Gasteiger partial charge on any atom is -0.393 e. The third-order valence-corrected chi connectivity index (χ3v) is 5.07. The van der Waals surface area contributed by atoms with E-state index in [2.05, 4.69) is 56.4 Å². The van der Waals surface area contributed by atoms with Crippen LogP contribution in [-0.4, -0.2) is 23.8 Å². The molecule has 0 saturated heterocycles. The fourth-order valence-electron chi connectivity index (χ4n) is 3.16. The van der Waals surface area contributed by atoms with E-state index in [1.165, 1.54) is 18.4 Å². The lowest BCUT2D eigenvalue weighted by atomic mass is 9.78. The van der Waals surface area contributed by atoms with Crippen LogP contribution in [0, 0.1) is 5.92 Å². The Labute approximate surface area is 123 Å². The van der Waals surface area contributed by atoms with Gasteiger partial charge in [0.25, 0.3) is 0 Å². The Morgan fingerprint density at radius 3 is 2.60 bits per heavy atom. The van der Waals surface area contributed by atoms with E-state index in [0.29, 0.717) is 12.0 Å². The van der Waals surface area contributed by atoms with Crippen molar-refractivity contribution in [1.82, 2.24) is 5.32 Å². The third kappa shape index (κ3) is 3.83. The van der Waals surface area contributed by atoms with Crippen LogP contribution in [0.4, 0.5) is 0 Å². The molecule has 20 heavy (non-hydrogen) atoms. The largest absolute Gasteiger partial charge is 0.393 e. The normalized spacial score (nSPS) is 25.4. The van der Waals surface area contributed by atoms with Gasteiger partial charge in [0.05, 0.1) is 6.10 Å². The molecule has 1 aliphatic rings. The Morgan fingerprint density at radius 2 is 1.95 bits per heavy atom. The number of benzene rings is 1. The topological polar surface area (TPSA) is 32.3 Å². The second kappa shape index (κ2) is 6.73. The van der Waals surface area contributed by atoms with Crippen LogP contribution in [0.15, 0.2) is 30.3 Å². The van der Waals surface area contributed by atoms with Gasteiger partial charge in [0.2, 0.25) is 0 Å². The number of rotatable bonds is 5. The SMILES string of the molecule is CC(NCC1CCCC(O)C1)C(C)(C)c1ccccc1. The number of hydrogen-bond donors (Lipinski definition) is 2. The predicted molar refractivity (Wildman–Crippen MR) is 84.9 cm³/mol. The van der Waals surface area contributed by atoms with Crippen molar-refractivity contribution in [3.8, 4) is 0 Å². The van der Waals surface area contributed by atoms with E-state index < -0.39 is 0 Å². The first-order valence-electron chi connectivity index (χ1n) is 7.97. The zero-order chi connectivity index (χ0) is 14.6. The van der Waals surface area contributed by atoms with Crippen molar-refractivity contribution in [3.63, 3.8) is 0 Å². The Morgan fingerprint density at radius 1 is 1.25 bits per heavy atom. The fourth-order valence-corrected chi connectivity index (χ4v) is 3.16. The van der Waals surface area contributed by atoms with Crippen molar-refractivity contribution in [2.45, 2.75) is 64.0 Å². The van der Waals surface area contributed by atoms with Gasteiger partial charge in [0.15, 0.2) is 0 Å². The van der Waals surface area contributed by atoms with Crippen LogP contribution in [0.25, 0.3) is 0 Å². The van der Waals surface area contributed by atoms with Crippen molar-refractivity contribution in [2.24, 2.45) is 5.92 Å². The summed E-state index contributed by atoms with van der Waals surface area (Å²) in [4.78, 5) is 0. The molecule has 1 aromatic carbocycles. The van der Waals surface area contributed by atoms with Gasteiger partial charge < -0.3 is 10.4 Å². The van der Waals surface area contributed by atoms with E-state index in [-0.39, 0.29) is 11.5 Å². The highest BCUT2D eigenvalue weighted by atomic mass is 16.3. The molecule has 2 heteroatoms. The molecule has 1 fully saturated rings. The van der Waals surface area contributed by atoms with Gasteiger partial charge in [-0.05, 0) is 44.2 Å². The summed E-state index contributed by atoms with van der Waals surface area (Å²) in [6.07, 6.45) is 4.30. The molecule has 0 amide bonds. The number of nitrogens with one attached hydrogen (secondary N) is 1. The summed E-state index contributed by atoms with van der Waals surface area (Å²) in [6.45, 7) is 7.90. The smallest absolute Gasteiger partial charge is 0.0543 e. The number of hydrogen-bond acceptors (Lipinski definition) is 2. The maximum absolute atomic E-state index is 9.75. The van der Waals surface area contributed by atoms with Crippen molar-refractivity contribution >= 4 is 0 Å². The first-order chi connectivity index (χ1) is 9.50. The van der Waals surface area contributed by atoms with Crippen molar-refractivity contribution in [3.05, 3.63) is 35.9 Å². The first-order valence-corrected chi connectivity index (χ1v) is 7.97. The molecule has 2 rings (SSSR count). The Hall–Kier alpha value is -0.860. The standard InChI is InChI=1S/C18H29NO/c1-14(18(2,3)16-9-5-4-6-10-16)19-13-15-8-7-11-17(20)12-15/h4-6,9-10,14-15,17,19-20H,7-8,11-13H2,1-3H3. The molecular weight excluding hydrogens is 246 g/mol. The second-order valence-corrected chi connectivity index (χ2v) is 6.90. The van der Waals surface area contributed by atoms with E-state index in [0.717, 1.165) is 19.4 Å². The summed E-state index contributed by atoms with van der Waals surface area (Å²) in [5.41, 5.74) is 1.50. The highest BCUT2D eigenvalue weighted by Gasteiger charge is 2.28. The second-order valence-electron chi connectivity index (χ2n) is 6.90. The molecular formula is C18H29NO. The molecule has 1 saturated carbocycles. The maximum Gasteiger partial charge on any atom is 0.0543 e. The minimum absolute atomic E-state index is 0.0759. The summed E-state index contributed by atoms with van der Waals surface area (Å²) in [5, 5.41) is 13.5. The van der Waals surface area contributed by atoms with Gasteiger partial charge in [-0.1, -0.05) is 50.6 Å². The third-order valence-electron chi connectivity index (χ3n) is 5.07. The number of aliphatic hydroxyl groups is 1. The van der Waals surface area contributed by atoms with Crippen LogP contribution in [0.3, 0.4) is 0 Å².